The largest absolute Gasteiger partial charge is 0.351 e. The molecule has 1 amide bonds. The third-order valence-electron chi connectivity index (χ3n) is 5.17. The van der Waals surface area contributed by atoms with Crippen molar-refractivity contribution in [2.24, 2.45) is 5.92 Å². The summed E-state index contributed by atoms with van der Waals surface area (Å²) in [4.78, 5) is 14.7. The number of carbonyl (C=O) groups is 1. The van der Waals surface area contributed by atoms with Crippen LogP contribution < -0.4 is 10.6 Å². The lowest BCUT2D eigenvalue weighted by Crippen LogP contribution is -2.37. The molecule has 0 bridgehead atoms. The Bertz CT molecular complexity index is 752. The number of piperidine rings is 1. The van der Waals surface area contributed by atoms with Crippen molar-refractivity contribution >= 4 is 16.8 Å². The average Bonchev–Trinajstić information content (AvgIpc) is 2.92. The highest BCUT2D eigenvalue weighted by molar-refractivity contribution is 6.06. The van der Waals surface area contributed by atoms with Gasteiger partial charge in [-0.15, -0.1) is 0 Å². The maximum Gasteiger partial charge on any atom is 0.253 e. The second-order valence-electron chi connectivity index (χ2n) is 7.33. The fraction of sp³-hybridized carbons (Fsp3) is 0.579. The summed E-state index contributed by atoms with van der Waals surface area (Å²) >= 11 is 0. The van der Waals surface area contributed by atoms with E-state index in [-0.39, 0.29) is 5.91 Å². The Morgan fingerprint density at radius 2 is 2.24 bits per heavy atom. The Labute approximate surface area is 149 Å². The van der Waals surface area contributed by atoms with Gasteiger partial charge in [-0.3, -0.25) is 9.48 Å². The Morgan fingerprint density at radius 1 is 1.44 bits per heavy atom. The number of rotatable bonds is 5. The van der Waals surface area contributed by atoms with E-state index in [1.807, 2.05) is 26.2 Å². The van der Waals surface area contributed by atoms with Gasteiger partial charge < -0.3 is 15.5 Å². The molecule has 1 aliphatic rings. The van der Waals surface area contributed by atoms with Crippen molar-refractivity contribution in [3.8, 4) is 0 Å². The minimum absolute atomic E-state index is 0.0492. The number of fused-ring (bicyclic) bond motifs is 1. The minimum Gasteiger partial charge on any atom is -0.351 e. The number of hydrogen-bond donors (Lipinski definition) is 2. The molecule has 2 unspecified atom stereocenters. The predicted octanol–water partition coefficient (Wildman–Crippen LogP) is 1.81. The van der Waals surface area contributed by atoms with E-state index in [1.54, 1.807) is 0 Å². The molecular weight excluding hydrogens is 314 g/mol. The van der Waals surface area contributed by atoms with Crippen molar-refractivity contribution in [2.75, 3.05) is 40.3 Å². The van der Waals surface area contributed by atoms with E-state index in [0.717, 1.165) is 42.7 Å². The van der Waals surface area contributed by atoms with Crippen molar-refractivity contribution < 1.29 is 4.79 Å². The number of benzene rings is 1. The Balaban J connectivity index is 1.91. The third-order valence-corrected chi connectivity index (χ3v) is 5.17. The van der Waals surface area contributed by atoms with Crippen molar-refractivity contribution in [3.63, 3.8) is 0 Å². The molecule has 2 N–H and O–H groups in total. The van der Waals surface area contributed by atoms with Gasteiger partial charge in [0.05, 0.1) is 11.6 Å². The molecule has 6 nitrogen and oxygen atoms in total. The van der Waals surface area contributed by atoms with Crippen LogP contribution >= 0.6 is 0 Å². The number of hydrogen-bond acceptors (Lipinski definition) is 4. The quantitative estimate of drug-likeness (QED) is 0.869. The highest BCUT2D eigenvalue weighted by Crippen LogP contribution is 2.29. The van der Waals surface area contributed by atoms with Crippen LogP contribution in [0.3, 0.4) is 0 Å². The molecular formula is C19H29N5O. The number of likely N-dealkylation sites (N-methyl/N-ethyl adjacent to an activating group) is 1. The van der Waals surface area contributed by atoms with Crippen LogP contribution in [0.2, 0.25) is 0 Å². The van der Waals surface area contributed by atoms with Crippen molar-refractivity contribution in [1.82, 2.24) is 25.3 Å². The molecule has 25 heavy (non-hydrogen) atoms. The lowest BCUT2D eigenvalue weighted by atomic mass is 9.95. The molecule has 0 aliphatic carbocycles. The van der Waals surface area contributed by atoms with Crippen LogP contribution in [-0.4, -0.2) is 60.9 Å². The maximum atomic E-state index is 12.6. The molecule has 0 spiro atoms. The maximum absolute atomic E-state index is 12.6. The van der Waals surface area contributed by atoms with Crippen molar-refractivity contribution in [2.45, 2.75) is 26.3 Å². The molecule has 2 atom stereocenters. The number of nitrogens with one attached hydrogen (secondary N) is 2. The summed E-state index contributed by atoms with van der Waals surface area (Å²) in [6.07, 6.45) is 1.15. The van der Waals surface area contributed by atoms with E-state index in [2.05, 4.69) is 40.1 Å². The third kappa shape index (κ3) is 3.70. The summed E-state index contributed by atoms with van der Waals surface area (Å²) in [6.45, 7) is 7.83. The topological polar surface area (TPSA) is 62.2 Å². The summed E-state index contributed by atoms with van der Waals surface area (Å²) in [6, 6.07) is 6.22. The molecule has 0 radical (unpaired) electrons. The number of aryl methyl sites for hydroxylation is 1. The van der Waals surface area contributed by atoms with Gasteiger partial charge in [-0.2, -0.15) is 5.10 Å². The monoisotopic (exact) mass is 343 g/mol. The van der Waals surface area contributed by atoms with Gasteiger partial charge >= 0.3 is 0 Å². The predicted molar refractivity (Wildman–Crippen MR) is 101 cm³/mol. The van der Waals surface area contributed by atoms with Gasteiger partial charge in [-0.1, -0.05) is 19.1 Å². The van der Waals surface area contributed by atoms with E-state index < -0.39 is 0 Å². The molecule has 6 heteroatoms. The van der Waals surface area contributed by atoms with Crippen LogP contribution in [0.4, 0.5) is 0 Å². The minimum atomic E-state index is -0.0492. The normalized spacial score (nSPS) is 21.0. The average molecular weight is 343 g/mol. The van der Waals surface area contributed by atoms with Gasteiger partial charge in [0, 0.05) is 30.7 Å². The zero-order valence-corrected chi connectivity index (χ0v) is 15.7. The standard InChI is InChI=1S/C19H29N5O/c1-13-8-9-20-12-17(13)24-14(2)15-6-5-7-16(18(15)22-24)19(25)21-10-11-23(3)4/h5-7,13,17,20H,8-12H2,1-4H3,(H,21,25). The van der Waals surface area contributed by atoms with Gasteiger partial charge in [0.1, 0.15) is 5.52 Å². The summed E-state index contributed by atoms with van der Waals surface area (Å²) in [5.74, 6) is 0.526. The summed E-state index contributed by atoms with van der Waals surface area (Å²) in [5.41, 5.74) is 2.60. The van der Waals surface area contributed by atoms with Crippen LogP contribution in [0.15, 0.2) is 18.2 Å². The first-order valence-corrected chi connectivity index (χ1v) is 9.10. The fourth-order valence-corrected chi connectivity index (χ4v) is 3.54. The van der Waals surface area contributed by atoms with Crippen LogP contribution in [0.5, 0.6) is 0 Å². The number of aromatic nitrogens is 2. The highest BCUT2D eigenvalue weighted by Gasteiger charge is 2.26. The first-order chi connectivity index (χ1) is 12.0. The van der Waals surface area contributed by atoms with Crippen LogP contribution in [0, 0.1) is 12.8 Å². The molecule has 2 aromatic rings. The molecule has 3 rings (SSSR count). The molecule has 1 aliphatic heterocycles. The zero-order valence-electron chi connectivity index (χ0n) is 15.7. The lowest BCUT2D eigenvalue weighted by molar-refractivity contribution is 0.0952. The Kier molecular flexibility index (Phi) is 5.39. The number of amides is 1. The molecule has 1 fully saturated rings. The van der Waals surface area contributed by atoms with Gasteiger partial charge in [-0.25, -0.2) is 0 Å². The molecule has 1 aromatic carbocycles. The van der Waals surface area contributed by atoms with Gasteiger partial charge in [0.25, 0.3) is 5.91 Å². The zero-order chi connectivity index (χ0) is 18.0. The summed E-state index contributed by atoms with van der Waals surface area (Å²) in [7, 11) is 3.99. The molecule has 2 heterocycles. The lowest BCUT2D eigenvalue weighted by Gasteiger charge is -2.30. The SMILES string of the molecule is Cc1c2cccc(C(=O)NCCN(C)C)c2nn1C1CNCCC1C. The van der Waals surface area contributed by atoms with Crippen molar-refractivity contribution in [1.29, 1.82) is 0 Å². The number of carbonyl (C=O) groups excluding carboxylic acids is 1. The summed E-state index contributed by atoms with van der Waals surface area (Å²) in [5, 5.41) is 12.4. The molecule has 1 aromatic heterocycles. The second-order valence-corrected chi connectivity index (χ2v) is 7.33. The van der Waals surface area contributed by atoms with Gasteiger partial charge in [-0.05, 0) is 46.0 Å². The Hall–Kier alpha value is -1.92. The summed E-state index contributed by atoms with van der Waals surface area (Å²) < 4.78 is 2.12. The van der Waals surface area contributed by atoms with Crippen LogP contribution in [-0.2, 0) is 0 Å². The van der Waals surface area contributed by atoms with Crippen LogP contribution in [0.25, 0.3) is 10.9 Å². The second kappa shape index (κ2) is 7.54. The molecule has 1 saturated heterocycles. The Morgan fingerprint density at radius 3 is 2.96 bits per heavy atom. The van der Waals surface area contributed by atoms with Gasteiger partial charge in [0.15, 0.2) is 0 Å². The fourth-order valence-electron chi connectivity index (χ4n) is 3.54. The highest BCUT2D eigenvalue weighted by atomic mass is 16.1. The molecule has 136 valence electrons. The van der Waals surface area contributed by atoms with Gasteiger partial charge in [0.2, 0.25) is 0 Å². The van der Waals surface area contributed by atoms with E-state index >= 15 is 0 Å². The smallest absolute Gasteiger partial charge is 0.253 e. The first kappa shape index (κ1) is 17.9. The van der Waals surface area contributed by atoms with E-state index in [0.29, 0.717) is 24.1 Å². The van der Waals surface area contributed by atoms with E-state index in [9.17, 15) is 4.79 Å². The van der Waals surface area contributed by atoms with Crippen LogP contribution in [0.1, 0.15) is 35.4 Å². The van der Waals surface area contributed by atoms with Crippen molar-refractivity contribution in [3.05, 3.63) is 29.5 Å². The first-order valence-electron chi connectivity index (χ1n) is 9.10. The number of nitrogens with zero attached hydrogens (tertiary/aromatic N) is 3. The van der Waals surface area contributed by atoms with E-state index in [1.165, 1.54) is 0 Å². The molecule has 0 saturated carbocycles. The van der Waals surface area contributed by atoms with E-state index in [4.69, 9.17) is 5.10 Å².